The van der Waals surface area contributed by atoms with E-state index in [1.54, 1.807) is 0 Å². The number of hydrogen-bond acceptors (Lipinski definition) is 2. The third kappa shape index (κ3) is 1.94. The Balaban J connectivity index is 1.77. The lowest BCUT2D eigenvalue weighted by Crippen LogP contribution is -2.22. The molecule has 0 radical (unpaired) electrons. The van der Waals surface area contributed by atoms with Crippen LogP contribution in [0.4, 0.5) is 5.69 Å². The van der Waals surface area contributed by atoms with Gasteiger partial charge >= 0.3 is 0 Å². The molecule has 0 atom stereocenters. The molecule has 2 nitrogen and oxygen atoms in total. The van der Waals surface area contributed by atoms with Crippen molar-refractivity contribution in [1.82, 2.24) is 0 Å². The van der Waals surface area contributed by atoms with Gasteiger partial charge in [-0.3, -0.25) is 0 Å². The Kier molecular flexibility index (Phi) is 2.60. The molecule has 3 rings (SSSR count). The van der Waals surface area contributed by atoms with E-state index in [1.807, 2.05) is 0 Å². The topological polar surface area (TPSA) is 29.3 Å². The normalized spacial score (nSPS) is 18.9. The van der Waals surface area contributed by atoms with Crippen LogP contribution in [0.2, 0.25) is 0 Å². The molecular formula is C14H20N2. The quantitative estimate of drug-likeness (QED) is 0.833. The number of anilines is 1. The summed E-state index contributed by atoms with van der Waals surface area (Å²) in [5.41, 5.74) is 10.0. The summed E-state index contributed by atoms with van der Waals surface area (Å²) in [4.78, 5) is 2.57. The Morgan fingerprint density at radius 3 is 2.94 bits per heavy atom. The Labute approximate surface area is 97.4 Å². The lowest BCUT2D eigenvalue weighted by atomic mass is 10.1. The number of rotatable bonds is 4. The van der Waals surface area contributed by atoms with Crippen LogP contribution in [0.3, 0.4) is 0 Å². The Morgan fingerprint density at radius 2 is 2.19 bits per heavy atom. The monoisotopic (exact) mass is 216 g/mol. The number of nitrogens with zero attached hydrogens (tertiary/aromatic N) is 1. The van der Waals surface area contributed by atoms with Crippen molar-refractivity contribution in [2.75, 3.05) is 24.5 Å². The number of fused-ring (bicyclic) bond motifs is 1. The molecule has 0 unspecified atom stereocenters. The molecule has 86 valence electrons. The molecule has 1 aliphatic heterocycles. The molecule has 16 heavy (non-hydrogen) atoms. The van der Waals surface area contributed by atoms with E-state index < -0.39 is 0 Å². The highest BCUT2D eigenvalue weighted by Gasteiger charge is 2.27. The first-order chi connectivity index (χ1) is 7.86. The number of benzene rings is 1. The van der Waals surface area contributed by atoms with E-state index in [9.17, 15) is 0 Å². The first-order valence-corrected chi connectivity index (χ1v) is 6.43. The van der Waals surface area contributed by atoms with Crippen LogP contribution >= 0.6 is 0 Å². The fourth-order valence-corrected chi connectivity index (χ4v) is 2.65. The van der Waals surface area contributed by atoms with E-state index in [1.165, 1.54) is 49.2 Å². The van der Waals surface area contributed by atoms with Gasteiger partial charge < -0.3 is 10.6 Å². The molecule has 1 aromatic rings. The SMILES string of the molecule is NCCc1ccc2c(c1)CCN2CC1CC1. The van der Waals surface area contributed by atoms with Crippen molar-refractivity contribution < 1.29 is 0 Å². The molecule has 0 aromatic heterocycles. The van der Waals surface area contributed by atoms with Gasteiger partial charge in [0.05, 0.1) is 0 Å². The summed E-state index contributed by atoms with van der Waals surface area (Å²) in [5, 5.41) is 0. The Hall–Kier alpha value is -1.02. The van der Waals surface area contributed by atoms with Gasteiger partial charge in [-0.1, -0.05) is 12.1 Å². The summed E-state index contributed by atoms with van der Waals surface area (Å²) >= 11 is 0. The van der Waals surface area contributed by atoms with Gasteiger partial charge in [-0.15, -0.1) is 0 Å². The van der Waals surface area contributed by atoms with Crippen molar-refractivity contribution in [2.45, 2.75) is 25.7 Å². The standard InChI is InChI=1S/C14H20N2/c15-7-5-11-3-4-14-13(9-11)6-8-16(14)10-12-1-2-12/h3-4,9,12H,1-2,5-8,10,15H2. The second kappa shape index (κ2) is 4.10. The summed E-state index contributed by atoms with van der Waals surface area (Å²) in [5.74, 6) is 0.981. The second-order valence-electron chi connectivity index (χ2n) is 5.14. The summed E-state index contributed by atoms with van der Waals surface area (Å²) in [7, 11) is 0. The molecular weight excluding hydrogens is 196 g/mol. The zero-order valence-corrected chi connectivity index (χ0v) is 9.78. The van der Waals surface area contributed by atoms with Gasteiger partial charge in [-0.05, 0) is 55.3 Å². The van der Waals surface area contributed by atoms with Crippen molar-refractivity contribution in [3.8, 4) is 0 Å². The van der Waals surface area contributed by atoms with Gasteiger partial charge in [0.2, 0.25) is 0 Å². The summed E-state index contributed by atoms with van der Waals surface area (Å²) in [6, 6.07) is 6.90. The fourth-order valence-electron chi connectivity index (χ4n) is 2.65. The maximum atomic E-state index is 5.60. The molecule has 1 aromatic carbocycles. The van der Waals surface area contributed by atoms with Crippen LogP contribution in [0.1, 0.15) is 24.0 Å². The van der Waals surface area contributed by atoms with Gasteiger partial charge in [-0.25, -0.2) is 0 Å². The lowest BCUT2D eigenvalue weighted by molar-refractivity contribution is 0.747. The van der Waals surface area contributed by atoms with E-state index >= 15 is 0 Å². The lowest BCUT2D eigenvalue weighted by Gasteiger charge is -2.19. The largest absolute Gasteiger partial charge is 0.371 e. The molecule has 1 aliphatic carbocycles. The minimum Gasteiger partial charge on any atom is -0.371 e. The highest BCUT2D eigenvalue weighted by Crippen LogP contribution is 2.35. The highest BCUT2D eigenvalue weighted by atomic mass is 15.1. The average Bonchev–Trinajstić information content (AvgIpc) is 3.01. The molecule has 0 amide bonds. The van der Waals surface area contributed by atoms with Crippen molar-refractivity contribution in [3.05, 3.63) is 29.3 Å². The van der Waals surface area contributed by atoms with Crippen LogP contribution in [0.25, 0.3) is 0 Å². The van der Waals surface area contributed by atoms with E-state index in [-0.39, 0.29) is 0 Å². The predicted molar refractivity (Wildman–Crippen MR) is 67.8 cm³/mol. The smallest absolute Gasteiger partial charge is 0.0399 e. The molecule has 0 bridgehead atoms. The van der Waals surface area contributed by atoms with E-state index in [2.05, 4.69) is 23.1 Å². The van der Waals surface area contributed by atoms with Crippen molar-refractivity contribution in [2.24, 2.45) is 11.7 Å². The highest BCUT2D eigenvalue weighted by molar-refractivity contribution is 5.59. The summed E-state index contributed by atoms with van der Waals surface area (Å²) in [6.45, 7) is 3.26. The van der Waals surface area contributed by atoms with Gasteiger partial charge in [0.15, 0.2) is 0 Å². The Morgan fingerprint density at radius 1 is 1.31 bits per heavy atom. The third-order valence-corrected chi connectivity index (χ3v) is 3.74. The molecule has 1 saturated carbocycles. The van der Waals surface area contributed by atoms with E-state index in [0.29, 0.717) is 0 Å². The van der Waals surface area contributed by atoms with E-state index in [0.717, 1.165) is 18.9 Å². The molecule has 2 N–H and O–H groups in total. The van der Waals surface area contributed by atoms with Crippen LogP contribution in [-0.2, 0) is 12.8 Å². The van der Waals surface area contributed by atoms with Crippen molar-refractivity contribution in [1.29, 1.82) is 0 Å². The van der Waals surface area contributed by atoms with Crippen molar-refractivity contribution >= 4 is 5.69 Å². The molecule has 2 heteroatoms. The first kappa shape index (κ1) is 10.2. The van der Waals surface area contributed by atoms with Crippen LogP contribution in [0.15, 0.2) is 18.2 Å². The summed E-state index contributed by atoms with van der Waals surface area (Å²) < 4.78 is 0. The molecule has 0 saturated heterocycles. The van der Waals surface area contributed by atoms with Crippen LogP contribution in [-0.4, -0.2) is 19.6 Å². The summed E-state index contributed by atoms with van der Waals surface area (Å²) in [6.07, 6.45) is 5.12. The average molecular weight is 216 g/mol. The minimum absolute atomic E-state index is 0.755. The van der Waals surface area contributed by atoms with Gasteiger partial charge in [0.1, 0.15) is 0 Å². The molecule has 0 spiro atoms. The van der Waals surface area contributed by atoms with Gasteiger partial charge in [-0.2, -0.15) is 0 Å². The number of hydrogen-bond donors (Lipinski definition) is 1. The van der Waals surface area contributed by atoms with Gasteiger partial charge in [0.25, 0.3) is 0 Å². The maximum absolute atomic E-state index is 5.60. The van der Waals surface area contributed by atoms with Crippen LogP contribution < -0.4 is 10.6 Å². The minimum atomic E-state index is 0.755. The first-order valence-electron chi connectivity index (χ1n) is 6.43. The number of nitrogens with two attached hydrogens (primary N) is 1. The zero-order valence-electron chi connectivity index (χ0n) is 9.78. The van der Waals surface area contributed by atoms with Gasteiger partial charge in [0, 0.05) is 18.8 Å². The molecule has 1 heterocycles. The maximum Gasteiger partial charge on any atom is 0.0399 e. The second-order valence-corrected chi connectivity index (χ2v) is 5.14. The molecule has 1 fully saturated rings. The molecule has 2 aliphatic rings. The van der Waals surface area contributed by atoms with E-state index in [4.69, 9.17) is 5.73 Å². The Bertz CT molecular complexity index is 382. The predicted octanol–water partition coefficient (Wildman–Crippen LogP) is 1.96. The van der Waals surface area contributed by atoms with Crippen LogP contribution in [0.5, 0.6) is 0 Å². The van der Waals surface area contributed by atoms with Crippen molar-refractivity contribution in [3.63, 3.8) is 0 Å². The van der Waals surface area contributed by atoms with Crippen LogP contribution in [0, 0.1) is 5.92 Å². The zero-order chi connectivity index (χ0) is 11.0. The third-order valence-electron chi connectivity index (χ3n) is 3.74. The fraction of sp³-hybridized carbons (Fsp3) is 0.571.